The summed E-state index contributed by atoms with van der Waals surface area (Å²) < 4.78 is 0. The van der Waals surface area contributed by atoms with Crippen molar-refractivity contribution in [3.8, 4) is 0 Å². The van der Waals surface area contributed by atoms with Crippen LogP contribution in [0, 0.1) is 11.8 Å². The average molecular weight is 342 g/mol. The molecule has 4 heteroatoms. The predicted molar refractivity (Wildman–Crippen MR) is 102 cm³/mol. The molecule has 1 aliphatic rings. The summed E-state index contributed by atoms with van der Waals surface area (Å²) in [7, 11) is 0. The highest BCUT2D eigenvalue weighted by atomic mass is 16.2. The first kappa shape index (κ1) is 19.2. The number of rotatable bonds is 7. The molecule has 2 amide bonds. The van der Waals surface area contributed by atoms with Crippen molar-refractivity contribution in [2.45, 2.75) is 39.5 Å². The maximum atomic E-state index is 12.3. The van der Waals surface area contributed by atoms with Crippen molar-refractivity contribution in [1.29, 1.82) is 0 Å². The summed E-state index contributed by atoms with van der Waals surface area (Å²) in [5, 5.41) is 3.04. The predicted octanol–water partition coefficient (Wildman–Crippen LogP) is 3.49. The van der Waals surface area contributed by atoms with Gasteiger partial charge >= 0.3 is 0 Å². The van der Waals surface area contributed by atoms with Crippen molar-refractivity contribution in [3.63, 3.8) is 0 Å². The summed E-state index contributed by atoms with van der Waals surface area (Å²) in [4.78, 5) is 26.3. The summed E-state index contributed by atoms with van der Waals surface area (Å²) in [5.41, 5.74) is 1.02. The molecule has 0 aromatic heterocycles. The monoisotopic (exact) mass is 342 g/mol. The van der Waals surface area contributed by atoms with E-state index in [1.165, 1.54) is 0 Å². The number of nitrogens with one attached hydrogen (secondary N) is 1. The number of hydrogen-bond donors (Lipinski definition) is 1. The molecule has 0 unspecified atom stereocenters. The van der Waals surface area contributed by atoms with Crippen LogP contribution >= 0.6 is 0 Å². The van der Waals surface area contributed by atoms with Crippen LogP contribution < -0.4 is 5.32 Å². The molecule has 1 aliphatic heterocycles. The van der Waals surface area contributed by atoms with Gasteiger partial charge < -0.3 is 10.2 Å². The normalized spacial score (nSPS) is 15.7. The van der Waals surface area contributed by atoms with Crippen LogP contribution in [-0.2, 0) is 9.59 Å². The maximum Gasteiger partial charge on any atom is 0.246 e. The molecule has 0 aliphatic carbocycles. The van der Waals surface area contributed by atoms with Crippen molar-refractivity contribution < 1.29 is 9.59 Å². The van der Waals surface area contributed by atoms with Gasteiger partial charge in [0.2, 0.25) is 11.8 Å². The van der Waals surface area contributed by atoms with E-state index in [-0.39, 0.29) is 17.7 Å². The fourth-order valence-electron chi connectivity index (χ4n) is 3.07. The molecule has 0 bridgehead atoms. The second kappa shape index (κ2) is 10.0. The number of nitrogens with zero attached hydrogens (tertiary/aromatic N) is 1. The Kier molecular flexibility index (Phi) is 7.71. The van der Waals surface area contributed by atoms with Crippen molar-refractivity contribution in [2.75, 3.05) is 19.6 Å². The Morgan fingerprint density at radius 3 is 2.52 bits per heavy atom. The van der Waals surface area contributed by atoms with Gasteiger partial charge in [0.05, 0.1) is 0 Å². The van der Waals surface area contributed by atoms with Crippen LogP contribution in [0.2, 0.25) is 0 Å². The Balaban J connectivity index is 1.70. The fourth-order valence-corrected chi connectivity index (χ4v) is 3.07. The minimum absolute atomic E-state index is 0.0274. The average Bonchev–Trinajstić information content (AvgIpc) is 2.64. The van der Waals surface area contributed by atoms with Gasteiger partial charge in [0, 0.05) is 31.6 Å². The molecular formula is C21H30N2O2. The van der Waals surface area contributed by atoms with E-state index in [0.29, 0.717) is 19.0 Å². The number of piperidine rings is 1. The quantitative estimate of drug-likeness (QED) is 0.609. The molecule has 1 saturated heterocycles. The Labute approximate surface area is 151 Å². The number of likely N-dealkylation sites (tertiary alicyclic amines) is 1. The molecule has 0 radical (unpaired) electrons. The van der Waals surface area contributed by atoms with Gasteiger partial charge in [-0.2, -0.15) is 0 Å². The minimum atomic E-state index is 0.0274. The van der Waals surface area contributed by atoms with Crippen LogP contribution in [0.5, 0.6) is 0 Å². The number of hydrogen-bond acceptors (Lipinski definition) is 2. The molecule has 1 fully saturated rings. The number of amides is 2. The van der Waals surface area contributed by atoms with Crippen LogP contribution in [0.25, 0.3) is 6.08 Å². The van der Waals surface area contributed by atoms with E-state index >= 15 is 0 Å². The van der Waals surface area contributed by atoms with Gasteiger partial charge in [-0.15, -0.1) is 0 Å². The van der Waals surface area contributed by atoms with E-state index in [2.05, 4.69) is 19.2 Å². The molecule has 25 heavy (non-hydrogen) atoms. The highest BCUT2D eigenvalue weighted by Gasteiger charge is 2.26. The molecule has 1 aromatic rings. The zero-order valence-electron chi connectivity index (χ0n) is 15.4. The van der Waals surface area contributed by atoms with Gasteiger partial charge in [-0.1, -0.05) is 44.2 Å². The van der Waals surface area contributed by atoms with Crippen LogP contribution in [0.15, 0.2) is 36.4 Å². The molecule has 1 heterocycles. The van der Waals surface area contributed by atoms with Crippen molar-refractivity contribution >= 4 is 17.9 Å². The van der Waals surface area contributed by atoms with E-state index in [0.717, 1.165) is 37.8 Å². The van der Waals surface area contributed by atoms with E-state index in [1.807, 2.05) is 41.3 Å². The fraction of sp³-hybridized carbons (Fsp3) is 0.524. The van der Waals surface area contributed by atoms with Crippen LogP contribution in [0.4, 0.5) is 0 Å². The Morgan fingerprint density at radius 1 is 1.20 bits per heavy atom. The van der Waals surface area contributed by atoms with Crippen molar-refractivity contribution in [3.05, 3.63) is 42.0 Å². The molecule has 2 rings (SSSR count). The van der Waals surface area contributed by atoms with Crippen LogP contribution in [0.1, 0.15) is 45.1 Å². The van der Waals surface area contributed by atoms with Gasteiger partial charge in [0.25, 0.3) is 0 Å². The molecule has 1 N–H and O–H groups in total. The molecule has 0 atom stereocenters. The molecule has 136 valence electrons. The topological polar surface area (TPSA) is 49.4 Å². The third-order valence-corrected chi connectivity index (χ3v) is 4.65. The lowest BCUT2D eigenvalue weighted by Crippen LogP contribution is -2.42. The first-order chi connectivity index (χ1) is 12.1. The van der Waals surface area contributed by atoms with Gasteiger partial charge in [0.1, 0.15) is 0 Å². The second-order valence-corrected chi connectivity index (χ2v) is 7.17. The van der Waals surface area contributed by atoms with E-state index in [9.17, 15) is 9.59 Å². The van der Waals surface area contributed by atoms with Crippen molar-refractivity contribution in [1.82, 2.24) is 10.2 Å². The highest BCUT2D eigenvalue weighted by Crippen LogP contribution is 2.18. The Morgan fingerprint density at radius 2 is 1.88 bits per heavy atom. The number of carbonyl (C=O) groups excluding carboxylic acids is 2. The first-order valence-electron chi connectivity index (χ1n) is 9.36. The number of benzene rings is 1. The van der Waals surface area contributed by atoms with E-state index < -0.39 is 0 Å². The van der Waals surface area contributed by atoms with Crippen LogP contribution in [-0.4, -0.2) is 36.3 Å². The largest absolute Gasteiger partial charge is 0.356 e. The van der Waals surface area contributed by atoms with Gasteiger partial charge in [0.15, 0.2) is 0 Å². The first-order valence-corrected chi connectivity index (χ1v) is 9.36. The standard InChI is InChI=1S/C21H30N2O2/c1-17(2)7-6-14-22-21(25)19-12-15-23(16-13-19)20(24)11-10-18-8-4-3-5-9-18/h3-5,8-11,17,19H,6-7,12-16H2,1-2H3,(H,22,25)/b11-10+. The van der Waals surface area contributed by atoms with Gasteiger partial charge in [-0.3, -0.25) is 9.59 Å². The summed E-state index contributed by atoms with van der Waals surface area (Å²) in [6.07, 6.45) is 7.14. The lowest BCUT2D eigenvalue weighted by Gasteiger charge is -2.30. The SMILES string of the molecule is CC(C)CCCNC(=O)C1CCN(C(=O)/C=C/c2ccccc2)CC1. The third kappa shape index (κ3) is 6.73. The van der Waals surface area contributed by atoms with E-state index in [4.69, 9.17) is 0 Å². The summed E-state index contributed by atoms with van der Waals surface area (Å²) in [6, 6.07) is 9.81. The van der Waals surface area contributed by atoms with Gasteiger partial charge in [-0.05, 0) is 43.2 Å². The summed E-state index contributed by atoms with van der Waals surface area (Å²) in [5.74, 6) is 0.895. The third-order valence-electron chi connectivity index (χ3n) is 4.65. The molecular weight excluding hydrogens is 312 g/mol. The Bertz CT molecular complexity index is 573. The smallest absolute Gasteiger partial charge is 0.246 e. The molecule has 1 aromatic carbocycles. The molecule has 0 saturated carbocycles. The van der Waals surface area contributed by atoms with Crippen molar-refractivity contribution in [2.24, 2.45) is 11.8 Å². The lowest BCUT2D eigenvalue weighted by atomic mass is 9.95. The summed E-state index contributed by atoms with van der Waals surface area (Å²) in [6.45, 7) is 6.46. The zero-order chi connectivity index (χ0) is 18.1. The van der Waals surface area contributed by atoms with Crippen LogP contribution in [0.3, 0.4) is 0 Å². The molecule has 4 nitrogen and oxygen atoms in total. The minimum Gasteiger partial charge on any atom is -0.356 e. The van der Waals surface area contributed by atoms with Gasteiger partial charge in [-0.25, -0.2) is 0 Å². The Hall–Kier alpha value is -2.10. The maximum absolute atomic E-state index is 12.3. The summed E-state index contributed by atoms with van der Waals surface area (Å²) >= 11 is 0. The second-order valence-electron chi connectivity index (χ2n) is 7.17. The van der Waals surface area contributed by atoms with E-state index in [1.54, 1.807) is 6.08 Å². The highest BCUT2D eigenvalue weighted by molar-refractivity contribution is 5.92. The number of carbonyl (C=O) groups is 2. The zero-order valence-corrected chi connectivity index (χ0v) is 15.4. The lowest BCUT2D eigenvalue weighted by molar-refractivity contribution is -0.132. The molecule has 0 spiro atoms.